The molecule has 1 aromatic rings. The second kappa shape index (κ2) is 7.61. The van der Waals surface area contributed by atoms with Crippen LogP contribution in [0.15, 0.2) is 24.3 Å². The topological polar surface area (TPSA) is 32.3 Å². The molecule has 3 heteroatoms. The molecule has 2 N–H and O–H groups in total. The van der Waals surface area contributed by atoms with Crippen LogP contribution in [-0.2, 0) is 0 Å². The molecule has 0 spiro atoms. The Morgan fingerprint density at radius 2 is 1.63 bits per heavy atom. The summed E-state index contributed by atoms with van der Waals surface area (Å²) in [6.07, 6.45) is 8.45. The van der Waals surface area contributed by atoms with Gasteiger partial charge in [0.25, 0.3) is 0 Å². The van der Waals surface area contributed by atoms with Crippen molar-refractivity contribution >= 4 is 0 Å². The molecule has 1 unspecified atom stereocenters. The molecule has 106 valence electrons. The van der Waals surface area contributed by atoms with Gasteiger partial charge in [0.15, 0.2) is 0 Å². The lowest BCUT2D eigenvalue weighted by Gasteiger charge is -2.22. The Morgan fingerprint density at radius 3 is 2.26 bits per heavy atom. The Bertz CT molecular complexity index is 358. The second-order valence-corrected chi connectivity index (χ2v) is 5.52. The van der Waals surface area contributed by atoms with Crippen LogP contribution in [0.3, 0.4) is 0 Å². The molecule has 1 fully saturated rings. The monoisotopic (exact) mass is 265 g/mol. The number of nitrogens with one attached hydrogen (secondary N) is 1. The van der Waals surface area contributed by atoms with Crippen molar-refractivity contribution in [1.82, 2.24) is 5.32 Å². The summed E-state index contributed by atoms with van der Waals surface area (Å²) in [7, 11) is 0. The molecule has 0 bridgehead atoms. The van der Waals surface area contributed by atoms with E-state index in [4.69, 9.17) is 0 Å². The fraction of sp³-hybridized carbons (Fsp3) is 0.625. The second-order valence-electron chi connectivity index (χ2n) is 5.52. The molecule has 1 aromatic carbocycles. The van der Waals surface area contributed by atoms with Gasteiger partial charge in [-0.05, 0) is 30.5 Å². The molecule has 19 heavy (non-hydrogen) atoms. The summed E-state index contributed by atoms with van der Waals surface area (Å²) in [6.45, 7) is 0.552. The van der Waals surface area contributed by atoms with Crippen LogP contribution in [0.25, 0.3) is 0 Å². The minimum absolute atomic E-state index is 0.260. The van der Waals surface area contributed by atoms with E-state index in [1.54, 1.807) is 12.1 Å². The highest BCUT2D eigenvalue weighted by Gasteiger charge is 2.13. The lowest BCUT2D eigenvalue weighted by Crippen LogP contribution is -2.33. The first-order valence-electron chi connectivity index (χ1n) is 7.42. The average Bonchev–Trinajstić information content (AvgIpc) is 2.38. The lowest BCUT2D eigenvalue weighted by molar-refractivity contribution is 0.166. The Kier molecular flexibility index (Phi) is 5.80. The maximum absolute atomic E-state index is 12.8. The zero-order chi connectivity index (χ0) is 13.5. The molecule has 0 aromatic heterocycles. The van der Waals surface area contributed by atoms with Crippen molar-refractivity contribution in [3.05, 3.63) is 35.6 Å². The highest BCUT2D eigenvalue weighted by Crippen LogP contribution is 2.18. The minimum Gasteiger partial charge on any atom is -0.387 e. The normalized spacial score (nSPS) is 19.7. The molecular weight excluding hydrogens is 241 g/mol. The fourth-order valence-electron chi connectivity index (χ4n) is 2.74. The third-order valence-electron chi connectivity index (χ3n) is 3.96. The molecule has 1 aliphatic carbocycles. The summed E-state index contributed by atoms with van der Waals surface area (Å²) < 4.78 is 12.8. The van der Waals surface area contributed by atoms with Crippen LogP contribution < -0.4 is 5.32 Å². The van der Waals surface area contributed by atoms with Gasteiger partial charge >= 0.3 is 0 Å². The zero-order valence-corrected chi connectivity index (χ0v) is 11.4. The van der Waals surface area contributed by atoms with E-state index in [0.717, 1.165) is 5.56 Å². The number of halogens is 1. The smallest absolute Gasteiger partial charge is 0.123 e. The molecule has 1 aliphatic rings. The fourth-order valence-corrected chi connectivity index (χ4v) is 2.74. The van der Waals surface area contributed by atoms with E-state index in [1.807, 2.05) is 0 Å². The van der Waals surface area contributed by atoms with Crippen LogP contribution in [0, 0.1) is 5.82 Å². The predicted molar refractivity (Wildman–Crippen MR) is 75.5 cm³/mol. The largest absolute Gasteiger partial charge is 0.387 e. The maximum Gasteiger partial charge on any atom is 0.123 e. The zero-order valence-electron chi connectivity index (χ0n) is 11.4. The van der Waals surface area contributed by atoms with E-state index in [9.17, 15) is 9.50 Å². The van der Waals surface area contributed by atoms with E-state index in [0.29, 0.717) is 12.6 Å². The van der Waals surface area contributed by atoms with Gasteiger partial charge in [0.2, 0.25) is 0 Å². The van der Waals surface area contributed by atoms with Gasteiger partial charge in [0.05, 0.1) is 6.10 Å². The predicted octanol–water partition coefficient (Wildman–Crippen LogP) is 3.56. The Morgan fingerprint density at radius 1 is 1.05 bits per heavy atom. The molecule has 0 saturated heterocycles. The van der Waals surface area contributed by atoms with Gasteiger partial charge in [0, 0.05) is 12.6 Å². The molecular formula is C16H24FNO. The van der Waals surface area contributed by atoms with Crippen LogP contribution >= 0.6 is 0 Å². The van der Waals surface area contributed by atoms with Gasteiger partial charge in [-0.3, -0.25) is 0 Å². The third kappa shape index (κ3) is 4.92. The van der Waals surface area contributed by atoms with Crippen molar-refractivity contribution in [2.75, 3.05) is 6.54 Å². The van der Waals surface area contributed by atoms with Crippen LogP contribution in [0.4, 0.5) is 4.39 Å². The van der Waals surface area contributed by atoms with Crippen molar-refractivity contribution in [3.8, 4) is 0 Å². The van der Waals surface area contributed by atoms with Crippen molar-refractivity contribution in [3.63, 3.8) is 0 Å². The summed E-state index contributed by atoms with van der Waals surface area (Å²) in [6, 6.07) is 6.62. The first-order valence-corrected chi connectivity index (χ1v) is 7.42. The van der Waals surface area contributed by atoms with Gasteiger partial charge < -0.3 is 10.4 Å². The highest BCUT2D eigenvalue weighted by atomic mass is 19.1. The van der Waals surface area contributed by atoms with Gasteiger partial charge in [-0.1, -0.05) is 44.2 Å². The minimum atomic E-state index is -0.550. The van der Waals surface area contributed by atoms with E-state index in [2.05, 4.69) is 5.32 Å². The summed E-state index contributed by atoms with van der Waals surface area (Å²) in [4.78, 5) is 0. The number of hydrogen-bond acceptors (Lipinski definition) is 2. The van der Waals surface area contributed by atoms with Crippen molar-refractivity contribution in [1.29, 1.82) is 0 Å². The van der Waals surface area contributed by atoms with Gasteiger partial charge in [-0.2, -0.15) is 0 Å². The van der Waals surface area contributed by atoms with Crippen LogP contribution in [0.1, 0.15) is 56.6 Å². The maximum atomic E-state index is 12.8. The van der Waals surface area contributed by atoms with Crippen LogP contribution in [0.5, 0.6) is 0 Å². The number of hydrogen-bond donors (Lipinski definition) is 2. The molecule has 1 saturated carbocycles. The van der Waals surface area contributed by atoms with Crippen LogP contribution in [-0.4, -0.2) is 17.7 Å². The summed E-state index contributed by atoms with van der Waals surface area (Å²) in [5, 5.41) is 13.5. The van der Waals surface area contributed by atoms with Gasteiger partial charge in [-0.15, -0.1) is 0 Å². The molecule has 0 aliphatic heterocycles. The van der Waals surface area contributed by atoms with E-state index in [1.165, 1.54) is 57.1 Å². The van der Waals surface area contributed by atoms with Crippen molar-refractivity contribution in [2.24, 2.45) is 0 Å². The number of rotatable bonds is 4. The lowest BCUT2D eigenvalue weighted by atomic mass is 9.96. The van der Waals surface area contributed by atoms with Gasteiger partial charge in [-0.25, -0.2) is 4.39 Å². The highest BCUT2D eigenvalue weighted by molar-refractivity contribution is 5.18. The first kappa shape index (κ1) is 14.5. The van der Waals surface area contributed by atoms with Crippen molar-refractivity contribution < 1.29 is 9.50 Å². The van der Waals surface area contributed by atoms with Crippen LogP contribution in [0.2, 0.25) is 0 Å². The molecule has 0 radical (unpaired) electrons. The number of benzene rings is 1. The van der Waals surface area contributed by atoms with E-state index in [-0.39, 0.29) is 5.82 Å². The number of aliphatic hydroxyl groups is 1. The summed E-state index contributed by atoms with van der Waals surface area (Å²) in [5.41, 5.74) is 0.778. The molecule has 1 atom stereocenters. The third-order valence-corrected chi connectivity index (χ3v) is 3.96. The van der Waals surface area contributed by atoms with E-state index < -0.39 is 6.10 Å². The molecule has 0 amide bonds. The van der Waals surface area contributed by atoms with Crippen molar-refractivity contribution in [2.45, 2.75) is 57.1 Å². The van der Waals surface area contributed by atoms with E-state index >= 15 is 0 Å². The quantitative estimate of drug-likeness (QED) is 0.872. The Labute approximate surface area is 115 Å². The average molecular weight is 265 g/mol. The standard InChI is InChI=1S/C16H24FNO/c17-14-10-8-13(9-11-14)16(19)12-18-15-6-4-2-1-3-5-7-15/h8-11,15-16,18-19H,1-7,12H2. The first-order chi connectivity index (χ1) is 9.25. The SMILES string of the molecule is OC(CNC1CCCCCCC1)c1ccc(F)cc1. The van der Waals surface area contributed by atoms with Gasteiger partial charge in [0.1, 0.15) is 5.82 Å². The summed E-state index contributed by atoms with van der Waals surface area (Å²) in [5.74, 6) is -0.260. The molecule has 2 rings (SSSR count). The Hall–Kier alpha value is -0.930. The Balaban J connectivity index is 1.78. The number of aliphatic hydroxyl groups excluding tert-OH is 1. The molecule has 0 heterocycles. The molecule has 2 nitrogen and oxygen atoms in total. The summed E-state index contributed by atoms with van der Waals surface area (Å²) >= 11 is 0.